The van der Waals surface area contributed by atoms with Gasteiger partial charge in [0.15, 0.2) is 0 Å². The molecular formula is C14H15NO5. The molecule has 0 aromatic heterocycles. The molecule has 0 saturated heterocycles. The Morgan fingerprint density at radius 3 is 2.55 bits per heavy atom. The van der Waals surface area contributed by atoms with E-state index in [0.717, 1.165) is 0 Å². The zero-order valence-corrected chi connectivity index (χ0v) is 10.8. The predicted octanol–water partition coefficient (Wildman–Crippen LogP) is 1.38. The van der Waals surface area contributed by atoms with E-state index < -0.39 is 11.9 Å². The number of carboxylic acid groups (broad SMARTS) is 1. The average Bonchev–Trinajstić information content (AvgIpc) is 2.49. The number of nitrogens with zero attached hydrogens (tertiary/aromatic N) is 1. The van der Waals surface area contributed by atoms with E-state index >= 15 is 0 Å². The number of carboxylic acids is 1. The molecule has 20 heavy (non-hydrogen) atoms. The van der Waals surface area contributed by atoms with E-state index in [2.05, 4.69) is 0 Å². The van der Waals surface area contributed by atoms with E-state index in [0.29, 0.717) is 18.9 Å². The van der Waals surface area contributed by atoms with Crippen LogP contribution in [-0.2, 0) is 19.1 Å². The van der Waals surface area contributed by atoms with Crippen molar-refractivity contribution in [1.29, 1.82) is 0 Å². The van der Waals surface area contributed by atoms with E-state index in [9.17, 15) is 9.59 Å². The Balaban J connectivity index is 2.19. The molecule has 106 valence electrons. The Bertz CT molecular complexity index is 512. The number of para-hydroxylation sites is 1. The molecule has 0 spiro atoms. The molecule has 2 rings (SSSR count). The van der Waals surface area contributed by atoms with Gasteiger partial charge < -0.3 is 19.5 Å². The quantitative estimate of drug-likeness (QED) is 0.880. The molecule has 0 fully saturated rings. The van der Waals surface area contributed by atoms with Crippen molar-refractivity contribution in [2.24, 2.45) is 0 Å². The minimum absolute atomic E-state index is 0.0683. The van der Waals surface area contributed by atoms with Crippen molar-refractivity contribution in [2.75, 3.05) is 24.7 Å². The van der Waals surface area contributed by atoms with Gasteiger partial charge in [0.25, 0.3) is 5.91 Å². The molecule has 1 amide bonds. The molecule has 0 atom stereocenters. The lowest BCUT2D eigenvalue weighted by molar-refractivity contribution is -0.136. The molecule has 0 radical (unpaired) electrons. The maximum absolute atomic E-state index is 12.4. The fraction of sp³-hybridized carbons (Fsp3) is 0.286. The average molecular weight is 277 g/mol. The molecule has 1 aromatic rings. The summed E-state index contributed by atoms with van der Waals surface area (Å²) in [5.41, 5.74) is 0.619. The number of hydrogen-bond donors (Lipinski definition) is 1. The SMILES string of the molecule is O=C(O)CCN(C(=O)C1=COCCO1)c1ccccc1. The van der Waals surface area contributed by atoms with Gasteiger partial charge in [0.2, 0.25) is 5.76 Å². The lowest BCUT2D eigenvalue weighted by Gasteiger charge is -2.24. The van der Waals surface area contributed by atoms with Gasteiger partial charge in [-0.25, -0.2) is 0 Å². The van der Waals surface area contributed by atoms with E-state index in [4.69, 9.17) is 14.6 Å². The number of amides is 1. The number of benzene rings is 1. The summed E-state index contributed by atoms with van der Waals surface area (Å²) >= 11 is 0. The van der Waals surface area contributed by atoms with Crippen molar-refractivity contribution in [3.63, 3.8) is 0 Å². The topological polar surface area (TPSA) is 76.1 Å². The lowest BCUT2D eigenvalue weighted by Crippen LogP contribution is -2.35. The Morgan fingerprint density at radius 1 is 1.20 bits per heavy atom. The van der Waals surface area contributed by atoms with Crippen LogP contribution in [0.2, 0.25) is 0 Å². The number of ether oxygens (including phenoxy) is 2. The minimum atomic E-state index is -0.964. The van der Waals surface area contributed by atoms with Crippen molar-refractivity contribution in [3.05, 3.63) is 42.4 Å². The summed E-state index contributed by atoms with van der Waals surface area (Å²) in [6.07, 6.45) is 1.12. The van der Waals surface area contributed by atoms with Crippen LogP contribution in [0.15, 0.2) is 42.4 Å². The number of anilines is 1. The number of hydrogen-bond acceptors (Lipinski definition) is 4. The van der Waals surface area contributed by atoms with Crippen LogP contribution in [0.4, 0.5) is 5.69 Å². The number of aliphatic carboxylic acids is 1. The standard InChI is InChI=1S/C14H15NO5/c16-13(17)6-7-15(11-4-2-1-3-5-11)14(18)12-10-19-8-9-20-12/h1-5,10H,6-9H2,(H,16,17). The van der Waals surface area contributed by atoms with Gasteiger partial charge in [-0.3, -0.25) is 9.59 Å². The molecule has 6 nitrogen and oxygen atoms in total. The van der Waals surface area contributed by atoms with Crippen LogP contribution in [0.25, 0.3) is 0 Å². The third kappa shape index (κ3) is 3.50. The Morgan fingerprint density at radius 2 is 1.95 bits per heavy atom. The van der Waals surface area contributed by atoms with Gasteiger partial charge in [0.1, 0.15) is 19.5 Å². The fourth-order valence-corrected chi connectivity index (χ4v) is 1.78. The molecule has 1 heterocycles. The third-order valence-electron chi connectivity index (χ3n) is 2.72. The van der Waals surface area contributed by atoms with E-state index in [-0.39, 0.29) is 18.7 Å². The molecule has 0 bridgehead atoms. The van der Waals surface area contributed by atoms with Gasteiger partial charge >= 0.3 is 5.97 Å². The van der Waals surface area contributed by atoms with Gasteiger partial charge in [0, 0.05) is 12.2 Å². The molecule has 1 aliphatic rings. The first-order chi connectivity index (χ1) is 9.68. The minimum Gasteiger partial charge on any atom is -0.494 e. The van der Waals surface area contributed by atoms with Gasteiger partial charge in [0.05, 0.1) is 6.42 Å². The summed E-state index contributed by atoms with van der Waals surface area (Å²) in [7, 11) is 0. The Hall–Kier alpha value is -2.50. The summed E-state index contributed by atoms with van der Waals surface area (Å²) in [5.74, 6) is -1.28. The summed E-state index contributed by atoms with van der Waals surface area (Å²) in [5, 5.41) is 8.79. The van der Waals surface area contributed by atoms with Crippen LogP contribution in [0.5, 0.6) is 0 Å². The van der Waals surface area contributed by atoms with E-state index in [1.807, 2.05) is 6.07 Å². The zero-order valence-electron chi connectivity index (χ0n) is 10.8. The van der Waals surface area contributed by atoms with Crippen molar-refractivity contribution in [2.45, 2.75) is 6.42 Å². The summed E-state index contributed by atoms with van der Waals surface area (Å²) in [4.78, 5) is 24.5. The van der Waals surface area contributed by atoms with Crippen LogP contribution in [-0.4, -0.2) is 36.7 Å². The first-order valence-electron chi connectivity index (χ1n) is 6.22. The molecule has 0 saturated carbocycles. The van der Waals surface area contributed by atoms with Crippen molar-refractivity contribution in [1.82, 2.24) is 0 Å². The highest BCUT2D eigenvalue weighted by atomic mass is 16.6. The van der Waals surface area contributed by atoms with Gasteiger partial charge in [-0.05, 0) is 12.1 Å². The van der Waals surface area contributed by atoms with Crippen LogP contribution in [0.1, 0.15) is 6.42 Å². The lowest BCUT2D eigenvalue weighted by atomic mass is 10.2. The molecule has 6 heteroatoms. The van der Waals surface area contributed by atoms with Crippen LogP contribution < -0.4 is 4.90 Å². The molecule has 0 aliphatic carbocycles. The smallest absolute Gasteiger partial charge is 0.305 e. The second-order valence-electron chi connectivity index (χ2n) is 4.14. The third-order valence-corrected chi connectivity index (χ3v) is 2.72. The van der Waals surface area contributed by atoms with Crippen LogP contribution >= 0.6 is 0 Å². The van der Waals surface area contributed by atoms with Crippen LogP contribution in [0.3, 0.4) is 0 Å². The highest BCUT2D eigenvalue weighted by Crippen LogP contribution is 2.18. The summed E-state index contributed by atoms with van der Waals surface area (Å²) in [6.45, 7) is 0.773. The number of carbonyl (C=O) groups is 2. The van der Waals surface area contributed by atoms with Crippen molar-refractivity contribution < 1.29 is 24.2 Å². The first-order valence-corrected chi connectivity index (χ1v) is 6.22. The van der Waals surface area contributed by atoms with Crippen molar-refractivity contribution >= 4 is 17.6 Å². The summed E-state index contributed by atoms with van der Waals surface area (Å²) < 4.78 is 10.3. The monoisotopic (exact) mass is 277 g/mol. The number of carbonyl (C=O) groups excluding carboxylic acids is 1. The fourth-order valence-electron chi connectivity index (χ4n) is 1.78. The summed E-state index contributed by atoms with van der Waals surface area (Å²) in [6, 6.07) is 8.86. The molecule has 1 aromatic carbocycles. The number of rotatable bonds is 5. The maximum atomic E-state index is 12.4. The second kappa shape index (κ2) is 6.60. The van der Waals surface area contributed by atoms with Crippen molar-refractivity contribution in [3.8, 4) is 0 Å². The molecule has 0 unspecified atom stereocenters. The molecule has 1 N–H and O–H groups in total. The second-order valence-corrected chi connectivity index (χ2v) is 4.14. The molecular weight excluding hydrogens is 262 g/mol. The van der Waals surface area contributed by atoms with Gasteiger partial charge in [-0.2, -0.15) is 0 Å². The predicted molar refractivity (Wildman–Crippen MR) is 71.0 cm³/mol. The van der Waals surface area contributed by atoms with Crippen LogP contribution in [0, 0.1) is 0 Å². The van der Waals surface area contributed by atoms with Gasteiger partial charge in [-0.15, -0.1) is 0 Å². The first kappa shape index (κ1) is 13.9. The molecule has 1 aliphatic heterocycles. The van der Waals surface area contributed by atoms with E-state index in [1.165, 1.54) is 11.2 Å². The highest BCUT2D eigenvalue weighted by molar-refractivity contribution is 6.04. The van der Waals surface area contributed by atoms with E-state index in [1.54, 1.807) is 24.3 Å². The maximum Gasteiger partial charge on any atom is 0.305 e. The van der Waals surface area contributed by atoms with Gasteiger partial charge in [-0.1, -0.05) is 18.2 Å². The Labute approximate surface area is 116 Å². The largest absolute Gasteiger partial charge is 0.494 e. The normalized spacial score (nSPS) is 13.7. The Kier molecular flexibility index (Phi) is 4.60. The zero-order chi connectivity index (χ0) is 14.4. The highest BCUT2D eigenvalue weighted by Gasteiger charge is 2.23.